The van der Waals surface area contributed by atoms with Gasteiger partial charge in [-0.3, -0.25) is 4.79 Å². The first-order chi connectivity index (χ1) is 14.6. The van der Waals surface area contributed by atoms with Crippen molar-refractivity contribution < 1.29 is 9.28 Å². The number of carbonyl (C=O) groups excluding carboxylic acids is 1. The summed E-state index contributed by atoms with van der Waals surface area (Å²) in [6, 6.07) is 15.2. The molecule has 2 aliphatic heterocycles. The van der Waals surface area contributed by atoms with Crippen LogP contribution in [-0.4, -0.2) is 49.2 Å². The molecule has 0 saturated carbocycles. The molecule has 0 aliphatic carbocycles. The maximum absolute atomic E-state index is 12.6. The second kappa shape index (κ2) is 9.03. The maximum Gasteiger partial charge on any atom is 0.251 e. The van der Waals surface area contributed by atoms with Gasteiger partial charge >= 0.3 is 0 Å². The Morgan fingerprint density at radius 1 is 1.10 bits per heavy atom. The minimum atomic E-state index is 0.0210. The predicted octanol–water partition coefficient (Wildman–Crippen LogP) is 5.45. The van der Waals surface area contributed by atoms with E-state index >= 15 is 0 Å². The minimum absolute atomic E-state index is 0.0210. The van der Waals surface area contributed by atoms with Gasteiger partial charge in [-0.2, -0.15) is 0 Å². The molecule has 1 unspecified atom stereocenters. The maximum atomic E-state index is 12.6. The Morgan fingerprint density at radius 3 is 2.57 bits per heavy atom. The highest BCUT2D eigenvalue weighted by Crippen LogP contribution is 2.49. The molecule has 2 heterocycles. The molecule has 160 valence electrons. The van der Waals surface area contributed by atoms with E-state index in [1.165, 1.54) is 58.1 Å². The van der Waals surface area contributed by atoms with E-state index in [9.17, 15) is 4.79 Å². The summed E-state index contributed by atoms with van der Waals surface area (Å²) in [5.41, 5.74) is 3.19. The van der Waals surface area contributed by atoms with Crippen LogP contribution in [0.1, 0.15) is 50.4 Å². The number of likely N-dealkylation sites (tertiary alicyclic amines) is 1. The van der Waals surface area contributed by atoms with Crippen LogP contribution in [0.25, 0.3) is 0 Å². The molecule has 4 rings (SSSR count). The van der Waals surface area contributed by atoms with Crippen molar-refractivity contribution in [2.24, 2.45) is 0 Å². The lowest BCUT2D eigenvalue weighted by atomic mass is 10.1. The molecule has 4 nitrogen and oxygen atoms in total. The van der Waals surface area contributed by atoms with Crippen molar-refractivity contribution >= 4 is 29.0 Å². The highest BCUT2D eigenvalue weighted by molar-refractivity contribution is 7.99. The smallest absolute Gasteiger partial charge is 0.251 e. The summed E-state index contributed by atoms with van der Waals surface area (Å²) >= 11 is 1.81. The van der Waals surface area contributed by atoms with Gasteiger partial charge in [-0.15, -0.1) is 0 Å². The third kappa shape index (κ3) is 4.10. The van der Waals surface area contributed by atoms with Crippen LogP contribution < -0.4 is 10.2 Å². The van der Waals surface area contributed by atoms with Gasteiger partial charge in [0, 0.05) is 34.7 Å². The van der Waals surface area contributed by atoms with Crippen LogP contribution in [0.15, 0.2) is 52.3 Å². The van der Waals surface area contributed by atoms with Crippen molar-refractivity contribution in [3.63, 3.8) is 0 Å². The van der Waals surface area contributed by atoms with Crippen LogP contribution in [0.2, 0.25) is 0 Å². The second-order valence-electron chi connectivity index (χ2n) is 8.72. The lowest BCUT2D eigenvalue weighted by molar-refractivity contribution is -0.915. The Morgan fingerprint density at radius 2 is 1.83 bits per heavy atom. The normalized spacial score (nSPS) is 17.9. The third-order valence-electron chi connectivity index (χ3n) is 6.64. The largest absolute Gasteiger partial charge is 0.352 e. The number of anilines is 2. The van der Waals surface area contributed by atoms with E-state index in [4.69, 9.17) is 0 Å². The van der Waals surface area contributed by atoms with Gasteiger partial charge < -0.3 is 14.7 Å². The van der Waals surface area contributed by atoms with Gasteiger partial charge in [0.05, 0.1) is 43.6 Å². The van der Waals surface area contributed by atoms with Gasteiger partial charge in [0.15, 0.2) is 0 Å². The van der Waals surface area contributed by atoms with Gasteiger partial charge in [-0.1, -0.05) is 30.8 Å². The lowest BCUT2D eigenvalue weighted by Crippen LogP contribution is -2.52. The van der Waals surface area contributed by atoms with E-state index in [1.807, 2.05) is 17.8 Å². The van der Waals surface area contributed by atoms with Gasteiger partial charge in [0.25, 0.3) is 5.91 Å². The van der Waals surface area contributed by atoms with Crippen molar-refractivity contribution in [3.8, 4) is 0 Å². The summed E-state index contributed by atoms with van der Waals surface area (Å²) in [6.07, 6.45) is 3.62. The Hall–Kier alpha value is -1.98. The molecule has 0 radical (unpaired) electrons. The fraction of sp³-hybridized carbons (Fsp3) is 0.480. The molecule has 1 atom stereocenters. The van der Waals surface area contributed by atoms with Gasteiger partial charge in [-0.05, 0) is 50.6 Å². The van der Waals surface area contributed by atoms with Crippen LogP contribution in [0.3, 0.4) is 0 Å². The number of nitrogens with one attached hydrogen (secondary N) is 1. The van der Waals surface area contributed by atoms with E-state index in [-0.39, 0.29) is 5.91 Å². The summed E-state index contributed by atoms with van der Waals surface area (Å²) in [6.45, 7) is 12.4. The Bertz CT molecular complexity index is 907. The van der Waals surface area contributed by atoms with Crippen molar-refractivity contribution in [1.29, 1.82) is 0 Å². The van der Waals surface area contributed by atoms with Crippen LogP contribution in [-0.2, 0) is 0 Å². The zero-order valence-corrected chi connectivity index (χ0v) is 19.3. The van der Waals surface area contributed by atoms with Crippen LogP contribution in [0, 0.1) is 0 Å². The molecular formula is C25H34N3OS+. The average Bonchev–Trinajstić information content (AvgIpc) is 3.24. The number of carbonyl (C=O) groups is 1. The van der Waals surface area contributed by atoms with E-state index in [0.717, 1.165) is 18.5 Å². The second-order valence-corrected chi connectivity index (χ2v) is 9.81. The Kier molecular flexibility index (Phi) is 6.40. The molecule has 1 amide bonds. The highest BCUT2D eigenvalue weighted by Gasteiger charge is 2.36. The Balaban J connectivity index is 1.71. The van der Waals surface area contributed by atoms with E-state index in [0.29, 0.717) is 12.6 Å². The highest BCUT2D eigenvalue weighted by atomic mass is 32.2. The Labute approximate surface area is 185 Å². The number of amides is 1. The zero-order chi connectivity index (χ0) is 21.1. The first kappa shape index (κ1) is 21.3. The fourth-order valence-electron chi connectivity index (χ4n) is 5.02. The molecule has 30 heavy (non-hydrogen) atoms. The summed E-state index contributed by atoms with van der Waals surface area (Å²) in [4.78, 5) is 17.7. The SMILES string of the molecule is CCCNC(=O)c1ccc2c(c1)N(C(C)C[N+]1(CC)CCCC1)c1ccccc1S2. The van der Waals surface area contributed by atoms with Crippen LogP contribution in [0.5, 0.6) is 0 Å². The first-order valence-corrected chi connectivity index (χ1v) is 12.2. The van der Waals surface area contributed by atoms with Gasteiger partial charge in [-0.25, -0.2) is 0 Å². The number of hydrogen-bond acceptors (Lipinski definition) is 3. The van der Waals surface area contributed by atoms with E-state index < -0.39 is 0 Å². The van der Waals surface area contributed by atoms with Crippen LogP contribution in [0.4, 0.5) is 11.4 Å². The molecule has 1 saturated heterocycles. The van der Waals surface area contributed by atoms with E-state index in [2.05, 4.69) is 67.4 Å². The molecule has 5 heteroatoms. The number of benzene rings is 2. The van der Waals surface area contributed by atoms with Crippen molar-refractivity contribution in [2.75, 3.05) is 37.6 Å². The molecule has 1 fully saturated rings. The molecule has 1 N–H and O–H groups in total. The molecule has 0 bridgehead atoms. The predicted molar refractivity (Wildman–Crippen MR) is 126 cm³/mol. The van der Waals surface area contributed by atoms with E-state index in [1.54, 1.807) is 0 Å². The quantitative estimate of drug-likeness (QED) is 0.600. The van der Waals surface area contributed by atoms with Gasteiger partial charge in [0.2, 0.25) is 0 Å². The summed E-state index contributed by atoms with van der Waals surface area (Å²) in [5.74, 6) is 0.0210. The zero-order valence-electron chi connectivity index (χ0n) is 18.5. The fourth-order valence-corrected chi connectivity index (χ4v) is 6.07. The van der Waals surface area contributed by atoms with Crippen molar-refractivity contribution in [1.82, 2.24) is 5.32 Å². The number of nitrogens with zero attached hydrogens (tertiary/aromatic N) is 2. The summed E-state index contributed by atoms with van der Waals surface area (Å²) in [5, 5.41) is 3.03. The molecule has 2 aliphatic rings. The molecular weight excluding hydrogens is 390 g/mol. The van der Waals surface area contributed by atoms with Gasteiger partial charge in [0.1, 0.15) is 0 Å². The summed E-state index contributed by atoms with van der Waals surface area (Å²) in [7, 11) is 0. The third-order valence-corrected chi connectivity index (χ3v) is 7.77. The molecule has 0 aromatic heterocycles. The lowest BCUT2D eigenvalue weighted by Gasteiger charge is -2.42. The van der Waals surface area contributed by atoms with Crippen molar-refractivity contribution in [3.05, 3.63) is 48.0 Å². The minimum Gasteiger partial charge on any atom is -0.352 e. The number of likely N-dealkylation sites (N-methyl/N-ethyl adjacent to an activating group) is 1. The summed E-state index contributed by atoms with van der Waals surface area (Å²) < 4.78 is 1.21. The van der Waals surface area contributed by atoms with Crippen molar-refractivity contribution in [2.45, 2.75) is 55.9 Å². The number of rotatable bonds is 7. The number of fused-ring (bicyclic) bond motifs is 2. The topological polar surface area (TPSA) is 32.3 Å². The number of hydrogen-bond donors (Lipinski definition) is 1. The average molecular weight is 425 g/mol. The number of para-hydroxylation sites is 1. The molecule has 2 aromatic carbocycles. The monoisotopic (exact) mass is 424 g/mol. The first-order valence-electron chi connectivity index (χ1n) is 11.4. The molecule has 0 spiro atoms. The standard InChI is InChI=1S/C25H33N3OS/c1-4-14-26-25(29)20-12-13-24-22(17-20)27(21-10-6-7-11-23(21)30-24)19(3)18-28(5-2)15-8-9-16-28/h6-7,10-13,17,19H,4-5,8-9,14-16,18H2,1-3H3/p+1. The van der Waals surface area contributed by atoms with Crippen LogP contribution >= 0.6 is 11.8 Å². The molecule has 2 aromatic rings. The number of quaternary nitrogens is 1.